The van der Waals surface area contributed by atoms with Gasteiger partial charge in [0, 0.05) is 6.04 Å². The maximum absolute atomic E-state index is 13.0. The number of nitrogens with one attached hydrogen (secondary N) is 2. The van der Waals surface area contributed by atoms with Gasteiger partial charge < -0.3 is 10.6 Å². The molecule has 3 nitrogen and oxygen atoms in total. The third-order valence-corrected chi connectivity index (χ3v) is 4.47. The molecule has 1 aliphatic carbocycles. The van der Waals surface area contributed by atoms with Gasteiger partial charge in [-0.2, -0.15) is 0 Å². The Morgan fingerprint density at radius 2 is 2.10 bits per heavy atom. The molecular weight excluding hydrogens is 291 g/mol. The highest BCUT2D eigenvalue weighted by molar-refractivity contribution is 6.33. The highest BCUT2D eigenvalue weighted by Gasteiger charge is 2.25. The van der Waals surface area contributed by atoms with Gasteiger partial charge in [0.15, 0.2) is 0 Å². The van der Waals surface area contributed by atoms with E-state index in [9.17, 15) is 9.18 Å². The molecule has 1 saturated carbocycles. The van der Waals surface area contributed by atoms with Crippen molar-refractivity contribution in [1.29, 1.82) is 0 Å². The van der Waals surface area contributed by atoms with E-state index in [0.29, 0.717) is 17.6 Å². The number of anilines is 1. The fourth-order valence-electron chi connectivity index (χ4n) is 2.79. The van der Waals surface area contributed by atoms with E-state index in [2.05, 4.69) is 17.6 Å². The zero-order chi connectivity index (χ0) is 15.4. The summed E-state index contributed by atoms with van der Waals surface area (Å²) >= 11 is 5.92. The normalized spacial score (nSPS) is 23.6. The van der Waals surface area contributed by atoms with E-state index in [0.717, 1.165) is 6.42 Å². The van der Waals surface area contributed by atoms with Crippen LogP contribution in [0.4, 0.5) is 10.1 Å². The number of hydrogen-bond donors (Lipinski definition) is 2. The van der Waals surface area contributed by atoms with Crippen LogP contribution in [-0.4, -0.2) is 18.0 Å². The first-order chi connectivity index (χ1) is 9.97. The zero-order valence-corrected chi connectivity index (χ0v) is 13.2. The van der Waals surface area contributed by atoms with Crippen molar-refractivity contribution >= 4 is 23.2 Å². The van der Waals surface area contributed by atoms with Crippen molar-refractivity contribution in [2.75, 3.05) is 5.32 Å². The average molecular weight is 313 g/mol. The summed E-state index contributed by atoms with van der Waals surface area (Å²) in [6.45, 7) is 4.06. The molecule has 1 aliphatic rings. The van der Waals surface area contributed by atoms with Gasteiger partial charge in [0.1, 0.15) is 5.82 Å². The Morgan fingerprint density at radius 1 is 1.38 bits per heavy atom. The molecule has 1 amide bonds. The number of halogens is 2. The number of amides is 1. The van der Waals surface area contributed by atoms with Gasteiger partial charge in [-0.15, -0.1) is 0 Å². The largest absolute Gasteiger partial charge is 0.323 e. The minimum atomic E-state index is -0.416. The summed E-state index contributed by atoms with van der Waals surface area (Å²) in [5.74, 6) is 0.0184. The lowest BCUT2D eigenvalue weighted by atomic mass is 9.85. The van der Waals surface area contributed by atoms with Crippen molar-refractivity contribution in [1.82, 2.24) is 5.32 Å². The SMILES string of the molecule is C[C@H](N[C@@H]1CCCC[C@@H]1C)C(=O)Nc1ccc(F)cc1Cl. The van der Waals surface area contributed by atoms with Crippen LogP contribution in [0.1, 0.15) is 39.5 Å². The van der Waals surface area contributed by atoms with Crippen LogP contribution in [0.15, 0.2) is 18.2 Å². The molecule has 21 heavy (non-hydrogen) atoms. The van der Waals surface area contributed by atoms with Crippen molar-refractivity contribution in [3.63, 3.8) is 0 Å². The number of carbonyl (C=O) groups excluding carboxylic acids is 1. The zero-order valence-electron chi connectivity index (χ0n) is 12.5. The van der Waals surface area contributed by atoms with Gasteiger partial charge in [-0.25, -0.2) is 4.39 Å². The lowest BCUT2D eigenvalue weighted by molar-refractivity contribution is -0.118. The second-order valence-corrected chi connectivity index (χ2v) is 6.28. The van der Waals surface area contributed by atoms with Crippen molar-refractivity contribution < 1.29 is 9.18 Å². The van der Waals surface area contributed by atoms with Crippen LogP contribution in [0, 0.1) is 11.7 Å². The molecule has 0 aromatic heterocycles. The minimum Gasteiger partial charge on any atom is -0.323 e. The molecule has 2 N–H and O–H groups in total. The van der Waals surface area contributed by atoms with Crippen LogP contribution in [-0.2, 0) is 4.79 Å². The summed E-state index contributed by atoms with van der Waals surface area (Å²) in [4.78, 5) is 12.2. The topological polar surface area (TPSA) is 41.1 Å². The molecule has 1 aromatic rings. The second kappa shape index (κ2) is 7.23. The molecule has 0 spiro atoms. The smallest absolute Gasteiger partial charge is 0.241 e. The molecule has 0 unspecified atom stereocenters. The fraction of sp³-hybridized carbons (Fsp3) is 0.562. The summed E-state index contributed by atoms with van der Waals surface area (Å²) in [5.41, 5.74) is 0.438. The quantitative estimate of drug-likeness (QED) is 0.883. The van der Waals surface area contributed by atoms with Crippen molar-refractivity contribution in [2.45, 2.75) is 51.6 Å². The van der Waals surface area contributed by atoms with Crippen LogP contribution in [0.5, 0.6) is 0 Å². The van der Waals surface area contributed by atoms with Gasteiger partial charge in [-0.1, -0.05) is 31.4 Å². The van der Waals surface area contributed by atoms with E-state index < -0.39 is 5.82 Å². The van der Waals surface area contributed by atoms with Gasteiger partial charge in [0.2, 0.25) is 5.91 Å². The Bertz CT molecular complexity index is 509. The van der Waals surface area contributed by atoms with Crippen LogP contribution in [0.2, 0.25) is 5.02 Å². The van der Waals surface area contributed by atoms with E-state index in [1.807, 2.05) is 6.92 Å². The Hall–Kier alpha value is -1.13. The molecule has 1 fully saturated rings. The molecule has 0 aliphatic heterocycles. The Kier molecular flexibility index (Phi) is 5.59. The predicted molar refractivity (Wildman–Crippen MR) is 84.1 cm³/mol. The van der Waals surface area contributed by atoms with E-state index >= 15 is 0 Å². The van der Waals surface area contributed by atoms with Crippen LogP contribution in [0.25, 0.3) is 0 Å². The minimum absolute atomic E-state index is 0.152. The van der Waals surface area contributed by atoms with Crippen LogP contribution >= 0.6 is 11.6 Å². The first kappa shape index (κ1) is 16.2. The monoisotopic (exact) mass is 312 g/mol. The van der Waals surface area contributed by atoms with Crippen LogP contribution in [0.3, 0.4) is 0 Å². The molecule has 1 aromatic carbocycles. The molecule has 0 saturated heterocycles. The molecule has 0 bridgehead atoms. The van der Waals surface area contributed by atoms with Crippen molar-refractivity contribution in [2.24, 2.45) is 5.92 Å². The van der Waals surface area contributed by atoms with Crippen molar-refractivity contribution in [3.8, 4) is 0 Å². The standard InChI is InChI=1S/C16H22ClFN2O/c1-10-5-3-4-6-14(10)19-11(2)16(21)20-15-8-7-12(18)9-13(15)17/h7-11,14,19H,3-6H2,1-2H3,(H,20,21)/t10-,11-,14+/m0/s1. The lowest BCUT2D eigenvalue weighted by Crippen LogP contribution is -2.47. The lowest BCUT2D eigenvalue weighted by Gasteiger charge is -2.31. The maximum Gasteiger partial charge on any atom is 0.241 e. The van der Waals surface area contributed by atoms with Crippen LogP contribution < -0.4 is 10.6 Å². The fourth-order valence-corrected chi connectivity index (χ4v) is 3.01. The van der Waals surface area contributed by atoms with E-state index in [-0.39, 0.29) is 17.0 Å². The van der Waals surface area contributed by atoms with Gasteiger partial charge in [0.05, 0.1) is 16.8 Å². The number of benzene rings is 1. The van der Waals surface area contributed by atoms with Gasteiger partial charge in [-0.3, -0.25) is 4.79 Å². The Morgan fingerprint density at radius 3 is 2.76 bits per heavy atom. The number of carbonyl (C=O) groups is 1. The predicted octanol–water partition coefficient (Wildman–Crippen LogP) is 3.97. The molecule has 116 valence electrons. The maximum atomic E-state index is 13.0. The highest BCUT2D eigenvalue weighted by atomic mass is 35.5. The van der Waals surface area contributed by atoms with E-state index in [4.69, 9.17) is 11.6 Å². The van der Waals surface area contributed by atoms with E-state index in [1.165, 1.54) is 37.5 Å². The number of hydrogen-bond acceptors (Lipinski definition) is 2. The van der Waals surface area contributed by atoms with E-state index in [1.54, 1.807) is 0 Å². The first-order valence-electron chi connectivity index (χ1n) is 7.49. The third kappa shape index (κ3) is 4.42. The molecule has 5 heteroatoms. The number of rotatable bonds is 4. The average Bonchev–Trinajstić information content (AvgIpc) is 2.44. The summed E-state index contributed by atoms with van der Waals surface area (Å²) in [7, 11) is 0. The summed E-state index contributed by atoms with van der Waals surface area (Å²) in [6.07, 6.45) is 4.79. The molecule has 0 radical (unpaired) electrons. The van der Waals surface area contributed by atoms with Crippen molar-refractivity contribution in [3.05, 3.63) is 29.0 Å². The second-order valence-electron chi connectivity index (χ2n) is 5.87. The molecule has 3 atom stereocenters. The van der Waals surface area contributed by atoms with Gasteiger partial charge in [-0.05, 0) is 43.9 Å². The summed E-state index contributed by atoms with van der Waals surface area (Å²) < 4.78 is 13.0. The first-order valence-corrected chi connectivity index (χ1v) is 7.87. The summed E-state index contributed by atoms with van der Waals surface area (Å²) in [6, 6.07) is 4.02. The highest BCUT2D eigenvalue weighted by Crippen LogP contribution is 2.25. The summed E-state index contributed by atoms with van der Waals surface area (Å²) in [5, 5.41) is 6.34. The molecule has 0 heterocycles. The molecular formula is C16H22ClFN2O. The third-order valence-electron chi connectivity index (χ3n) is 4.16. The molecule has 2 rings (SSSR count). The Labute approximate surface area is 130 Å². The Balaban J connectivity index is 1.92. The van der Waals surface area contributed by atoms with Gasteiger partial charge >= 0.3 is 0 Å². The van der Waals surface area contributed by atoms with Gasteiger partial charge in [0.25, 0.3) is 0 Å².